The molecule has 0 amide bonds. The van der Waals surface area contributed by atoms with Gasteiger partial charge in [-0.2, -0.15) is 5.10 Å². The van der Waals surface area contributed by atoms with E-state index in [0.29, 0.717) is 6.04 Å². The minimum atomic E-state index is 0.326. The molecule has 3 aromatic heterocycles. The van der Waals surface area contributed by atoms with Gasteiger partial charge in [0.1, 0.15) is 17.0 Å². The van der Waals surface area contributed by atoms with Crippen LogP contribution in [0.2, 0.25) is 0 Å². The van der Waals surface area contributed by atoms with E-state index in [1.165, 1.54) is 5.56 Å². The SMILES string of the molecule is Cc1cc(-c2cc(C)c3c(cnn3C(C)C)n2)oc1C. The largest absolute Gasteiger partial charge is 0.459 e. The van der Waals surface area contributed by atoms with Crippen molar-refractivity contribution in [3.8, 4) is 11.5 Å². The summed E-state index contributed by atoms with van der Waals surface area (Å²) in [5.41, 5.74) is 5.21. The Balaban J connectivity index is 2.20. The molecule has 0 fully saturated rings. The zero-order valence-electron chi connectivity index (χ0n) is 12.6. The second kappa shape index (κ2) is 4.47. The van der Waals surface area contributed by atoms with Gasteiger partial charge < -0.3 is 4.42 Å². The molecule has 0 N–H and O–H groups in total. The molecule has 3 heterocycles. The van der Waals surface area contributed by atoms with Crippen LogP contribution < -0.4 is 0 Å². The van der Waals surface area contributed by atoms with Gasteiger partial charge in [0.25, 0.3) is 0 Å². The van der Waals surface area contributed by atoms with Gasteiger partial charge in [0.05, 0.1) is 11.7 Å². The number of fused-ring (bicyclic) bond motifs is 1. The molecule has 104 valence electrons. The molecule has 0 bridgehead atoms. The second-order valence-electron chi connectivity index (χ2n) is 5.59. The van der Waals surface area contributed by atoms with Crippen LogP contribution in [-0.4, -0.2) is 14.8 Å². The summed E-state index contributed by atoms with van der Waals surface area (Å²) in [5.74, 6) is 1.76. The summed E-state index contributed by atoms with van der Waals surface area (Å²) >= 11 is 0. The fraction of sp³-hybridized carbons (Fsp3) is 0.375. The van der Waals surface area contributed by atoms with Gasteiger partial charge in [0.15, 0.2) is 5.76 Å². The lowest BCUT2D eigenvalue weighted by Gasteiger charge is -2.09. The average Bonchev–Trinajstić information content (AvgIpc) is 2.94. The topological polar surface area (TPSA) is 43.9 Å². The van der Waals surface area contributed by atoms with E-state index in [1.54, 1.807) is 0 Å². The standard InChI is InChI=1S/C16H19N3O/c1-9(2)19-16-11(4)6-13(18-14(16)8-17-19)15-7-10(3)12(5)20-15/h6-9H,1-5H3. The van der Waals surface area contributed by atoms with Crippen LogP contribution in [0.3, 0.4) is 0 Å². The molecule has 0 unspecified atom stereocenters. The van der Waals surface area contributed by atoms with E-state index < -0.39 is 0 Å². The van der Waals surface area contributed by atoms with Crippen molar-refractivity contribution in [2.24, 2.45) is 0 Å². The van der Waals surface area contributed by atoms with E-state index in [1.807, 2.05) is 30.8 Å². The third kappa shape index (κ3) is 1.92. The predicted octanol–water partition coefficient (Wildman–Crippen LogP) is 4.20. The molecular weight excluding hydrogens is 250 g/mol. The third-order valence-electron chi connectivity index (χ3n) is 3.65. The summed E-state index contributed by atoms with van der Waals surface area (Å²) in [5, 5.41) is 4.44. The maximum absolute atomic E-state index is 5.77. The van der Waals surface area contributed by atoms with E-state index in [0.717, 1.165) is 33.8 Å². The normalized spacial score (nSPS) is 11.7. The van der Waals surface area contributed by atoms with Gasteiger partial charge in [0, 0.05) is 6.04 Å². The van der Waals surface area contributed by atoms with Crippen molar-refractivity contribution in [3.63, 3.8) is 0 Å². The van der Waals surface area contributed by atoms with Gasteiger partial charge >= 0.3 is 0 Å². The van der Waals surface area contributed by atoms with Gasteiger partial charge in [-0.15, -0.1) is 0 Å². The van der Waals surface area contributed by atoms with Gasteiger partial charge in [-0.05, 0) is 57.9 Å². The third-order valence-corrected chi connectivity index (χ3v) is 3.65. The molecule has 0 aromatic carbocycles. The Morgan fingerprint density at radius 2 is 1.85 bits per heavy atom. The van der Waals surface area contributed by atoms with Crippen LogP contribution in [0.25, 0.3) is 22.5 Å². The first kappa shape index (κ1) is 12.9. The van der Waals surface area contributed by atoms with Crippen molar-refractivity contribution >= 4 is 11.0 Å². The van der Waals surface area contributed by atoms with Crippen LogP contribution in [0.15, 0.2) is 22.7 Å². The number of hydrogen-bond acceptors (Lipinski definition) is 3. The van der Waals surface area contributed by atoms with Gasteiger partial charge in [-0.25, -0.2) is 4.98 Å². The lowest BCUT2D eigenvalue weighted by molar-refractivity contribution is 0.543. The van der Waals surface area contributed by atoms with Crippen LogP contribution >= 0.6 is 0 Å². The Morgan fingerprint density at radius 3 is 2.45 bits per heavy atom. The summed E-state index contributed by atoms with van der Waals surface area (Å²) in [6.07, 6.45) is 1.83. The van der Waals surface area contributed by atoms with Crippen LogP contribution in [0, 0.1) is 20.8 Å². The first-order valence-electron chi connectivity index (χ1n) is 6.89. The molecule has 0 atom stereocenters. The molecule has 0 saturated carbocycles. The Hall–Kier alpha value is -2.10. The Kier molecular flexibility index (Phi) is 2.89. The number of aryl methyl sites for hydroxylation is 3. The van der Waals surface area contributed by atoms with E-state index in [2.05, 4.69) is 36.9 Å². The van der Waals surface area contributed by atoms with E-state index in [-0.39, 0.29) is 0 Å². The molecule has 3 aromatic rings. The molecule has 0 aliphatic carbocycles. The molecule has 0 saturated heterocycles. The highest BCUT2D eigenvalue weighted by atomic mass is 16.3. The zero-order valence-corrected chi connectivity index (χ0v) is 12.6. The summed E-state index contributed by atoms with van der Waals surface area (Å²) in [7, 11) is 0. The van der Waals surface area contributed by atoms with Crippen molar-refractivity contribution in [1.82, 2.24) is 14.8 Å². The lowest BCUT2D eigenvalue weighted by atomic mass is 10.1. The van der Waals surface area contributed by atoms with Crippen molar-refractivity contribution < 1.29 is 4.42 Å². The smallest absolute Gasteiger partial charge is 0.152 e. The minimum Gasteiger partial charge on any atom is -0.459 e. The molecule has 4 heteroatoms. The number of aromatic nitrogens is 3. The molecule has 0 spiro atoms. The number of hydrogen-bond donors (Lipinski definition) is 0. The maximum Gasteiger partial charge on any atom is 0.152 e. The van der Waals surface area contributed by atoms with Crippen molar-refractivity contribution in [2.45, 2.75) is 40.7 Å². The lowest BCUT2D eigenvalue weighted by Crippen LogP contribution is -2.03. The molecule has 0 radical (unpaired) electrons. The van der Waals surface area contributed by atoms with Gasteiger partial charge in [-0.3, -0.25) is 4.68 Å². The Bertz CT molecular complexity index is 761. The zero-order chi connectivity index (χ0) is 14.4. The highest BCUT2D eigenvalue weighted by Gasteiger charge is 2.14. The summed E-state index contributed by atoms with van der Waals surface area (Å²) in [6, 6.07) is 4.43. The highest BCUT2D eigenvalue weighted by molar-refractivity contribution is 5.81. The van der Waals surface area contributed by atoms with Gasteiger partial charge in [0.2, 0.25) is 0 Å². The summed E-state index contributed by atoms with van der Waals surface area (Å²) in [6.45, 7) is 10.4. The molecule has 0 aliphatic heterocycles. The average molecular weight is 269 g/mol. The molecular formula is C16H19N3O. The minimum absolute atomic E-state index is 0.326. The van der Waals surface area contributed by atoms with Crippen molar-refractivity contribution in [1.29, 1.82) is 0 Å². The fourth-order valence-electron chi connectivity index (χ4n) is 2.47. The predicted molar refractivity (Wildman–Crippen MR) is 79.8 cm³/mol. The second-order valence-corrected chi connectivity index (χ2v) is 5.59. The maximum atomic E-state index is 5.77. The van der Waals surface area contributed by atoms with E-state index in [4.69, 9.17) is 4.42 Å². The number of pyridine rings is 1. The summed E-state index contributed by atoms with van der Waals surface area (Å²) < 4.78 is 7.78. The Labute approximate surface area is 118 Å². The molecule has 3 rings (SSSR count). The molecule has 20 heavy (non-hydrogen) atoms. The van der Waals surface area contributed by atoms with Crippen molar-refractivity contribution in [3.05, 3.63) is 35.2 Å². The molecule has 0 aliphatic rings. The Morgan fingerprint density at radius 1 is 1.10 bits per heavy atom. The number of rotatable bonds is 2. The van der Waals surface area contributed by atoms with Crippen LogP contribution in [0.5, 0.6) is 0 Å². The first-order valence-corrected chi connectivity index (χ1v) is 6.89. The van der Waals surface area contributed by atoms with Crippen molar-refractivity contribution in [2.75, 3.05) is 0 Å². The number of furan rings is 1. The molecule has 4 nitrogen and oxygen atoms in total. The first-order chi connectivity index (χ1) is 9.47. The fourth-order valence-corrected chi connectivity index (χ4v) is 2.47. The number of nitrogens with zero attached hydrogens (tertiary/aromatic N) is 3. The van der Waals surface area contributed by atoms with Crippen LogP contribution in [0.1, 0.15) is 36.8 Å². The van der Waals surface area contributed by atoms with E-state index >= 15 is 0 Å². The van der Waals surface area contributed by atoms with Crippen LogP contribution in [-0.2, 0) is 0 Å². The van der Waals surface area contributed by atoms with E-state index in [9.17, 15) is 0 Å². The highest BCUT2D eigenvalue weighted by Crippen LogP contribution is 2.28. The summed E-state index contributed by atoms with van der Waals surface area (Å²) in [4.78, 5) is 4.69. The van der Waals surface area contributed by atoms with Gasteiger partial charge in [-0.1, -0.05) is 0 Å². The quantitative estimate of drug-likeness (QED) is 0.700. The monoisotopic (exact) mass is 269 g/mol. The van der Waals surface area contributed by atoms with Crippen LogP contribution in [0.4, 0.5) is 0 Å².